The smallest absolute Gasteiger partial charge is 0.328 e. The number of nitrogens with zero attached hydrogens (tertiary/aromatic N) is 1. The van der Waals surface area contributed by atoms with Crippen LogP contribution < -0.4 is 4.74 Å². The Morgan fingerprint density at radius 1 is 1.38 bits per heavy atom. The van der Waals surface area contributed by atoms with Crippen LogP contribution in [-0.4, -0.2) is 54.3 Å². The molecule has 1 fully saturated rings. The van der Waals surface area contributed by atoms with Gasteiger partial charge in [0.05, 0.1) is 13.2 Å². The number of aliphatic carboxylic acids is 1. The molecule has 1 aromatic carbocycles. The maximum Gasteiger partial charge on any atom is 0.328 e. The summed E-state index contributed by atoms with van der Waals surface area (Å²) in [5, 5.41) is 9.10. The Balaban J connectivity index is 1.96. The van der Waals surface area contributed by atoms with Crippen molar-refractivity contribution in [3.05, 3.63) is 29.3 Å². The lowest BCUT2D eigenvalue weighted by Crippen LogP contribution is -2.53. The monoisotopic (exact) mass is 293 g/mol. The highest BCUT2D eigenvalue weighted by Gasteiger charge is 2.32. The minimum absolute atomic E-state index is 0.0186. The van der Waals surface area contributed by atoms with Crippen LogP contribution in [0.1, 0.15) is 11.1 Å². The molecule has 1 atom stereocenters. The van der Waals surface area contributed by atoms with Gasteiger partial charge in [-0.25, -0.2) is 4.79 Å². The molecule has 1 N–H and O–H groups in total. The summed E-state index contributed by atoms with van der Waals surface area (Å²) in [4.78, 5) is 24.5. The summed E-state index contributed by atoms with van der Waals surface area (Å²) in [6, 6.07) is 4.64. The van der Waals surface area contributed by atoms with Gasteiger partial charge in [0.25, 0.3) is 5.91 Å². The number of rotatable bonds is 4. The summed E-state index contributed by atoms with van der Waals surface area (Å²) in [5.74, 6) is -0.801. The zero-order chi connectivity index (χ0) is 15.4. The van der Waals surface area contributed by atoms with Crippen molar-refractivity contribution in [1.82, 2.24) is 4.90 Å². The van der Waals surface area contributed by atoms with Crippen molar-refractivity contribution in [2.45, 2.75) is 19.9 Å². The molecule has 1 aromatic rings. The van der Waals surface area contributed by atoms with Crippen LogP contribution in [0.25, 0.3) is 0 Å². The van der Waals surface area contributed by atoms with Gasteiger partial charge in [-0.05, 0) is 37.1 Å². The lowest BCUT2D eigenvalue weighted by atomic mass is 10.1. The van der Waals surface area contributed by atoms with E-state index >= 15 is 0 Å². The van der Waals surface area contributed by atoms with Gasteiger partial charge in [0, 0.05) is 6.54 Å². The molecule has 2 rings (SSSR count). The van der Waals surface area contributed by atoms with Gasteiger partial charge < -0.3 is 19.5 Å². The average Bonchev–Trinajstić information content (AvgIpc) is 2.48. The number of morpholine rings is 1. The van der Waals surface area contributed by atoms with E-state index < -0.39 is 12.0 Å². The minimum Gasteiger partial charge on any atom is -0.484 e. The number of carboxylic acid groups (broad SMARTS) is 1. The zero-order valence-electron chi connectivity index (χ0n) is 12.2. The van der Waals surface area contributed by atoms with Gasteiger partial charge in [-0.15, -0.1) is 0 Å². The third kappa shape index (κ3) is 3.72. The summed E-state index contributed by atoms with van der Waals surface area (Å²) in [6.07, 6.45) is 0. The lowest BCUT2D eigenvalue weighted by molar-refractivity contribution is -0.159. The molecule has 0 aliphatic carbocycles. The standard InChI is InChI=1S/C15H19NO5/c1-10-3-4-12(7-11(10)2)21-9-14(17)16-5-6-20-8-13(16)15(18)19/h3-4,7,13H,5-6,8-9H2,1-2H3,(H,18,19)/t13-/m1/s1. The number of amides is 1. The fourth-order valence-electron chi connectivity index (χ4n) is 2.14. The second-order valence-corrected chi connectivity index (χ2v) is 5.05. The number of carboxylic acids is 1. The SMILES string of the molecule is Cc1ccc(OCC(=O)N2CCOC[C@@H]2C(=O)O)cc1C. The van der Waals surface area contributed by atoms with Gasteiger partial charge in [-0.1, -0.05) is 6.07 Å². The molecule has 1 heterocycles. The third-order valence-corrected chi connectivity index (χ3v) is 3.57. The van der Waals surface area contributed by atoms with Crippen LogP contribution in [0.5, 0.6) is 5.75 Å². The Kier molecular flexibility index (Phi) is 4.80. The van der Waals surface area contributed by atoms with Crippen LogP contribution in [0, 0.1) is 13.8 Å². The third-order valence-electron chi connectivity index (χ3n) is 3.57. The first-order valence-electron chi connectivity index (χ1n) is 6.79. The number of aryl methyl sites for hydroxylation is 2. The molecule has 1 aliphatic heterocycles. The Morgan fingerprint density at radius 3 is 2.81 bits per heavy atom. The van der Waals surface area contributed by atoms with Crippen molar-refractivity contribution < 1.29 is 24.2 Å². The molecule has 1 saturated heterocycles. The zero-order valence-corrected chi connectivity index (χ0v) is 12.2. The van der Waals surface area contributed by atoms with E-state index in [1.165, 1.54) is 4.90 Å². The summed E-state index contributed by atoms with van der Waals surface area (Å²) in [5.41, 5.74) is 2.22. The van der Waals surface area contributed by atoms with E-state index in [9.17, 15) is 9.59 Å². The first-order chi connectivity index (χ1) is 9.99. The second-order valence-electron chi connectivity index (χ2n) is 5.05. The van der Waals surface area contributed by atoms with Crippen LogP contribution in [0.15, 0.2) is 18.2 Å². The molecule has 0 saturated carbocycles. The van der Waals surface area contributed by atoms with Crippen LogP contribution >= 0.6 is 0 Å². The molecule has 0 bridgehead atoms. The molecular formula is C15H19NO5. The normalized spacial score (nSPS) is 18.4. The van der Waals surface area contributed by atoms with Crippen molar-refractivity contribution >= 4 is 11.9 Å². The van der Waals surface area contributed by atoms with Gasteiger partial charge >= 0.3 is 5.97 Å². The lowest BCUT2D eigenvalue weighted by Gasteiger charge is -2.32. The number of ether oxygens (including phenoxy) is 2. The van der Waals surface area contributed by atoms with E-state index in [-0.39, 0.29) is 25.7 Å². The van der Waals surface area contributed by atoms with Crippen LogP contribution in [-0.2, 0) is 14.3 Å². The predicted octanol–water partition coefficient (Wildman–Crippen LogP) is 0.994. The van der Waals surface area contributed by atoms with E-state index in [4.69, 9.17) is 14.6 Å². The van der Waals surface area contributed by atoms with Gasteiger partial charge in [-0.3, -0.25) is 4.79 Å². The van der Waals surface area contributed by atoms with Gasteiger partial charge in [0.1, 0.15) is 5.75 Å². The van der Waals surface area contributed by atoms with E-state index in [2.05, 4.69) is 0 Å². The number of carbonyl (C=O) groups excluding carboxylic acids is 1. The van der Waals surface area contributed by atoms with Crippen LogP contribution in [0.2, 0.25) is 0 Å². The highest BCUT2D eigenvalue weighted by atomic mass is 16.5. The summed E-state index contributed by atoms with van der Waals surface area (Å²) >= 11 is 0. The van der Waals surface area contributed by atoms with Gasteiger partial charge in [0.15, 0.2) is 12.6 Å². The fraction of sp³-hybridized carbons (Fsp3) is 0.467. The highest BCUT2D eigenvalue weighted by molar-refractivity contribution is 5.84. The minimum atomic E-state index is -1.06. The highest BCUT2D eigenvalue weighted by Crippen LogP contribution is 2.17. The van der Waals surface area contributed by atoms with Gasteiger partial charge in [-0.2, -0.15) is 0 Å². The Labute approximate surface area is 123 Å². The maximum atomic E-state index is 12.1. The van der Waals surface area contributed by atoms with E-state index in [1.807, 2.05) is 26.0 Å². The van der Waals surface area contributed by atoms with Crippen LogP contribution in [0.4, 0.5) is 0 Å². The molecule has 0 unspecified atom stereocenters. The largest absolute Gasteiger partial charge is 0.484 e. The molecule has 6 heteroatoms. The molecule has 21 heavy (non-hydrogen) atoms. The molecule has 6 nitrogen and oxygen atoms in total. The predicted molar refractivity (Wildman–Crippen MR) is 75.4 cm³/mol. The second kappa shape index (κ2) is 6.58. The molecular weight excluding hydrogens is 274 g/mol. The summed E-state index contributed by atoms with van der Waals surface area (Å²) < 4.78 is 10.6. The van der Waals surface area contributed by atoms with E-state index in [0.717, 1.165) is 11.1 Å². The number of hydrogen-bond donors (Lipinski definition) is 1. The molecule has 1 aliphatic rings. The molecule has 0 aromatic heterocycles. The number of benzene rings is 1. The molecule has 114 valence electrons. The first-order valence-corrected chi connectivity index (χ1v) is 6.79. The Hall–Kier alpha value is -2.08. The number of hydrogen-bond acceptors (Lipinski definition) is 4. The topological polar surface area (TPSA) is 76.1 Å². The first kappa shape index (κ1) is 15.3. The molecule has 0 spiro atoms. The van der Waals surface area contributed by atoms with Crippen molar-refractivity contribution in [1.29, 1.82) is 0 Å². The van der Waals surface area contributed by atoms with Crippen molar-refractivity contribution in [3.63, 3.8) is 0 Å². The van der Waals surface area contributed by atoms with Crippen molar-refractivity contribution in [2.75, 3.05) is 26.4 Å². The maximum absolute atomic E-state index is 12.1. The molecule has 0 radical (unpaired) electrons. The summed E-state index contributed by atoms with van der Waals surface area (Å²) in [6.45, 7) is 4.42. The quantitative estimate of drug-likeness (QED) is 0.896. The van der Waals surface area contributed by atoms with Crippen molar-refractivity contribution in [2.24, 2.45) is 0 Å². The van der Waals surface area contributed by atoms with E-state index in [1.54, 1.807) is 6.07 Å². The molecule has 1 amide bonds. The Morgan fingerprint density at radius 2 is 2.14 bits per heavy atom. The van der Waals surface area contributed by atoms with Crippen molar-refractivity contribution in [3.8, 4) is 5.75 Å². The average molecular weight is 293 g/mol. The Bertz CT molecular complexity index is 543. The van der Waals surface area contributed by atoms with E-state index in [0.29, 0.717) is 12.4 Å². The van der Waals surface area contributed by atoms with Gasteiger partial charge in [0.2, 0.25) is 0 Å². The van der Waals surface area contributed by atoms with Crippen LogP contribution in [0.3, 0.4) is 0 Å². The number of carbonyl (C=O) groups is 2. The summed E-state index contributed by atoms with van der Waals surface area (Å²) in [7, 11) is 0. The fourth-order valence-corrected chi connectivity index (χ4v) is 2.14.